The first-order valence-electron chi connectivity index (χ1n) is 6.03. The molecule has 0 unspecified atom stereocenters. The van der Waals surface area contributed by atoms with E-state index in [0.717, 1.165) is 10.6 Å². The van der Waals surface area contributed by atoms with Gasteiger partial charge in [-0.3, -0.25) is 0 Å². The third kappa shape index (κ3) is 3.72. The molecule has 0 saturated carbocycles. The Morgan fingerprint density at radius 2 is 1.89 bits per heavy atom. The summed E-state index contributed by atoms with van der Waals surface area (Å²) in [6.07, 6.45) is 0. The van der Waals surface area contributed by atoms with Crippen LogP contribution in [-0.2, 0) is 6.54 Å². The van der Waals surface area contributed by atoms with Gasteiger partial charge in [-0.15, -0.1) is 0 Å². The summed E-state index contributed by atoms with van der Waals surface area (Å²) in [6.45, 7) is 2.69. The van der Waals surface area contributed by atoms with Gasteiger partial charge in [0.15, 0.2) is 0 Å². The van der Waals surface area contributed by atoms with Crippen LogP contribution >= 0.6 is 27.5 Å². The van der Waals surface area contributed by atoms with Crippen LogP contribution in [0.25, 0.3) is 0 Å². The average Bonchev–Trinajstić information content (AvgIpc) is 2.41. The summed E-state index contributed by atoms with van der Waals surface area (Å²) in [7, 11) is 0. The molecule has 0 aromatic heterocycles. The molecule has 0 spiro atoms. The van der Waals surface area contributed by atoms with Crippen molar-refractivity contribution in [2.24, 2.45) is 0 Å². The number of para-hydroxylation sites is 1. The lowest BCUT2D eigenvalue weighted by Gasteiger charge is -2.15. The number of phenols is 1. The van der Waals surface area contributed by atoms with Gasteiger partial charge in [0.1, 0.15) is 5.75 Å². The van der Waals surface area contributed by atoms with Crippen LogP contribution < -0.4 is 5.32 Å². The summed E-state index contributed by atoms with van der Waals surface area (Å²) in [5.74, 6) is 0.290. The predicted molar refractivity (Wildman–Crippen MR) is 82.5 cm³/mol. The molecule has 0 aliphatic carbocycles. The lowest BCUT2D eigenvalue weighted by Crippen LogP contribution is -2.18. The molecule has 2 N–H and O–H groups in total. The maximum absolute atomic E-state index is 9.91. The minimum Gasteiger partial charge on any atom is -0.506 e. The van der Waals surface area contributed by atoms with Crippen molar-refractivity contribution in [2.45, 2.75) is 19.5 Å². The fraction of sp³-hybridized carbons (Fsp3) is 0.200. The van der Waals surface area contributed by atoms with Gasteiger partial charge in [-0.1, -0.05) is 35.9 Å². The van der Waals surface area contributed by atoms with Gasteiger partial charge in [-0.2, -0.15) is 0 Å². The predicted octanol–water partition coefficient (Wildman–Crippen LogP) is 4.66. The maximum Gasteiger partial charge on any atom is 0.134 e. The minimum absolute atomic E-state index is 0.190. The summed E-state index contributed by atoms with van der Waals surface area (Å²) in [5.41, 5.74) is 2.04. The highest BCUT2D eigenvalue weighted by atomic mass is 79.9. The largest absolute Gasteiger partial charge is 0.506 e. The number of hydrogen-bond acceptors (Lipinski definition) is 2. The normalized spacial score (nSPS) is 12.4. The molecule has 2 aromatic rings. The Hall–Kier alpha value is -1.03. The summed E-state index contributed by atoms with van der Waals surface area (Å²) in [5, 5.41) is 14.0. The van der Waals surface area contributed by atoms with Crippen LogP contribution in [0, 0.1) is 0 Å². The molecule has 0 bridgehead atoms. The zero-order valence-corrected chi connectivity index (χ0v) is 12.9. The Labute approximate surface area is 126 Å². The number of hydrogen-bond donors (Lipinski definition) is 2. The maximum atomic E-state index is 9.91. The Morgan fingerprint density at radius 3 is 2.58 bits per heavy atom. The number of benzene rings is 2. The van der Waals surface area contributed by atoms with Crippen LogP contribution in [0.4, 0.5) is 0 Å². The second-order valence-electron chi connectivity index (χ2n) is 4.40. The van der Waals surface area contributed by atoms with Crippen LogP contribution in [0.2, 0.25) is 5.02 Å². The van der Waals surface area contributed by atoms with Crippen LogP contribution in [0.1, 0.15) is 24.1 Å². The van der Waals surface area contributed by atoms with E-state index in [1.165, 1.54) is 5.56 Å². The Bertz CT molecular complexity index is 557. The zero-order chi connectivity index (χ0) is 13.8. The minimum atomic E-state index is 0.190. The topological polar surface area (TPSA) is 32.3 Å². The van der Waals surface area contributed by atoms with E-state index in [4.69, 9.17) is 11.6 Å². The smallest absolute Gasteiger partial charge is 0.134 e. The number of phenolic OH excluding ortho intramolecular Hbond substituents is 1. The molecule has 0 radical (unpaired) electrons. The molecule has 100 valence electrons. The molecule has 1 atom stereocenters. The summed E-state index contributed by atoms with van der Waals surface area (Å²) < 4.78 is 0.714. The third-order valence-electron chi connectivity index (χ3n) is 3.04. The Kier molecular flexibility index (Phi) is 4.86. The molecule has 4 heteroatoms. The van der Waals surface area contributed by atoms with Gasteiger partial charge in [0.25, 0.3) is 0 Å². The van der Waals surface area contributed by atoms with Crippen LogP contribution in [0.15, 0.2) is 46.9 Å². The SMILES string of the molecule is C[C@@H](NCc1cccc(Br)c1O)c1ccc(Cl)cc1. The van der Waals surface area contributed by atoms with E-state index >= 15 is 0 Å². The van der Waals surface area contributed by atoms with Crippen molar-refractivity contribution in [1.29, 1.82) is 0 Å². The van der Waals surface area contributed by atoms with Crippen molar-refractivity contribution in [2.75, 3.05) is 0 Å². The number of halogens is 2. The van der Waals surface area contributed by atoms with E-state index in [0.29, 0.717) is 16.8 Å². The molecule has 2 nitrogen and oxygen atoms in total. The average molecular weight is 341 g/mol. The Morgan fingerprint density at radius 1 is 1.21 bits per heavy atom. The second-order valence-corrected chi connectivity index (χ2v) is 5.69. The van der Waals surface area contributed by atoms with Crippen LogP contribution in [0.5, 0.6) is 5.75 Å². The molecule has 0 aliphatic rings. The highest BCUT2D eigenvalue weighted by Crippen LogP contribution is 2.27. The first-order valence-corrected chi connectivity index (χ1v) is 7.20. The van der Waals surface area contributed by atoms with Crippen LogP contribution in [-0.4, -0.2) is 5.11 Å². The van der Waals surface area contributed by atoms with Gasteiger partial charge >= 0.3 is 0 Å². The standard InChI is InChI=1S/C15H15BrClNO/c1-10(11-5-7-13(17)8-6-11)18-9-12-3-2-4-14(16)15(12)19/h2-8,10,18-19H,9H2,1H3/t10-/m1/s1. The zero-order valence-electron chi connectivity index (χ0n) is 10.5. The number of aromatic hydroxyl groups is 1. The lowest BCUT2D eigenvalue weighted by molar-refractivity contribution is 0.457. The highest BCUT2D eigenvalue weighted by molar-refractivity contribution is 9.10. The molecule has 19 heavy (non-hydrogen) atoms. The summed E-state index contributed by atoms with van der Waals surface area (Å²) >= 11 is 9.18. The van der Waals surface area contributed by atoms with E-state index in [2.05, 4.69) is 28.2 Å². The van der Waals surface area contributed by atoms with Crippen molar-refractivity contribution in [3.63, 3.8) is 0 Å². The highest BCUT2D eigenvalue weighted by Gasteiger charge is 2.08. The Balaban J connectivity index is 2.02. The van der Waals surface area contributed by atoms with Gasteiger partial charge in [0.05, 0.1) is 4.47 Å². The van der Waals surface area contributed by atoms with E-state index in [1.807, 2.05) is 42.5 Å². The second kappa shape index (κ2) is 6.42. The fourth-order valence-corrected chi connectivity index (χ4v) is 2.37. The van der Waals surface area contributed by atoms with Crippen LogP contribution in [0.3, 0.4) is 0 Å². The van der Waals surface area contributed by atoms with E-state index in [1.54, 1.807) is 0 Å². The quantitative estimate of drug-likeness (QED) is 0.848. The first-order chi connectivity index (χ1) is 9.08. The van der Waals surface area contributed by atoms with Gasteiger partial charge in [0.2, 0.25) is 0 Å². The fourth-order valence-electron chi connectivity index (χ4n) is 1.84. The van der Waals surface area contributed by atoms with Crippen molar-refractivity contribution in [3.05, 3.63) is 63.1 Å². The van der Waals surface area contributed by atoms with Crippen molar-refractivity contribution >= 4 is 27.5 Å². The monoisotopic (exact) mass is 339 g/mol. The van der Waals surface area contributed by atoms with Crippen molar-refractivity contribution in [1.82, 2.24) is 5.32 Å². The van der Waals surface area contributed by atoms with Gasteiger partial charge in [-0.05, 0) is 46.6 Å². The summed E-state index contributed by atoms with van der Waals surface area (Å²) in [4.78, 5) is 0. The van der Waals surface area contributed by atoms with E-state index in [-0.39, 0.29) is 6.04 Å². The molecular formula is C15H15BrClNO. The molecule has 2 rings (SSSR count). The first kappa shape index (κ1) is 14.4. The van der Waals surface area contributed by atoms with Gasteiger partial charge < -0.3 is 10.4 Å². The molecule has 2 aromatic carbocycles. The third-order valence-corrected chi connectivity index (χ3v) is 3.93. The van der Waals surface area contributed by atoms with Crippen molar-refractivity contribution < 1.29 is 5.11 Å². The van der Waals surface area contributed by atoms with E-state index < -0.39 is 0 Å². The molecule has 0 heterocycles. The molecule has 0 fully saturated rings. The summed E-state index contributed by atoms with van der Waals surface area (Å²) in [6, 6.07) is 13.6. The van der Waals surface area contributed by atoms with Crippen molar-refractivity contribution in [3.8, 4) is 5.75 Å². The molecule has 0 aliphatic heterocycles. The molecule has 0 amide bonds. The van der Waals surface area contributed by atoms with E-state index in [9.17, 15) is 5.11 Å². The van der Waals surface area contributed by atoms with Gasteiger partial charge in [0, 0.05) is 23.2 Å². The molecular weight excluding hydrogens is 326 g/mol. The number of rotatable bonds is 4. The number of nitrogens with one attached hydrogen (secondary N) is 1. The lowest BCUT2D eigenvalue weighted by atomic mass is 10.1. The molecule has 0 saturated heterocycles. The van der Waals surface area contributed by atoms with Gasteiger partial charge in [-0.25, -0.2) is 0 Å².